The third-order valence-electron chi connectivity index (χ3n) is 2.79. The minimum atomic E-state index is -0.435. The zero-order chi connectivity index (χ0) is 14.9. The predicted molar refractivity (Wildman–Crippen MR) is 82.7 cm³/mol. The van der Waals surface area contributed by atoms with Crippen molar-refractivity contribution in [1.82, 2.24) is 0 Å². The van der Waals surface area contributed by atoms with E-state index in [0.29, 0.717) is 11.3 Å². The van der Waals surface area contributed by atoms with Crippen molar-refractivity contribution in [2.24, 2.45) is 0 Å². The number of hydrogen-bond donors (Lipinski definition) is 2. The first kappa shape index (κ1) is 14.8. The number of benzene rings is 2. The van der Waals surface area contributed by atoms with E-state index in [-0.39, 0.29) is 20.7 Å². The molecule has 0 aliphatic rings. The lowest BCUT2D eigenvalue weighted by Crippen LogP contribution is -2.15. The first-order valence-corrected chi connectivity index (χ1v) is 6.88. The molecule has 1 amide bonds. The van der Waals surface area contributed by atoms with Crippen molar-refractivity contribution < 1.29 is 9.18 Å². The van der Waals surface area contributed by atoms with Gasteiger partial charge in [-0.05, 0) is 52.7 Å². The van der Waals surface area contributed by atoms with Crippen molar-refractivity contribution in [2.45, 2.75) is 6.92 Å². The van der Waals surface area contributed by atoms with Gasteiger partial charge in [0.1, 0.15) is 5.82 Å². The summed E-state index contributed by atoms with van der Waals surface area (Å²) in [5, 5.41) is 2.94. The van der Waals surface area contributed by atoms with Crippen LogP contribution in [-0.2, 0) is 0 Å². The topological polar surface area (TPSA) is 55.1 Å². The summed E-state index contributed by atoms with van der Waals surface area (Å²) in [6.45, 7) is 1.70. The molecule has 0 aromatic heterocycles. The van der Waals surface area contributed by atoms with E-state index in [2.05, 4.69) is 21.2 Å². The van der Waals surface area contributed by atoms with Crippen LogP contribution < -0.4 is 11.1 Å². The summed E-state index contributed by atoms with van der Waals surface area (Å²) >= 11 is 9.06. The molecule has 6 heteroatoms. The van der Waals surface area contributed by atoms with Gasteiger partial charge in [0, 0.05) is 11.4 Å². The number of halogens is 3. The lowest BCUT2D eigenvalue weighted by Gasteiger charge is -2.12. The average Bonchev–Trinajstić information content (AvgIpc) is 2.35. The number of carbonyl (C=O) groups is 1. The van der Waals surface area contributed by atoms with Gasteiger partial charge in [0.2, 0.25) is 0 Å². The number of carbonyl (C=O) groups excluding carboxylic acids is 1. The van der Waals surface area contributed by atoms with Crippen molar-refractivity contribution in [3.63, 3.8) is 0 Å². The summed E-state index contributed by atoms with van der Waals surface area (Å²) in [5.74, 6) is -0.826. The van der Waals surface area contributed by atoms with Gasteiger partial charge in [-0.15, -0.1) is 0 Å². The first-order valence-electron chi connectivity index (χ1n) is 5.71. The van der Waals surface area contributed by atoms with Crippen LogP contribution in [-0.4, -0.2) is 5.91 Å². The van der Waals surface area contributed by atoms with Gasteiger partial charge in [-0.1, -0.05) is 17.7 Å². The molecule has 0 bridgehead atoms. The molecule has 3 N–H and O–H groups in total. The number of nitrogens with one attached hydrogen (secondary N) is 1. The highest BCUT2D eigenvalue weighted by molar-refractivity contribution is 9.10. The molecule has 0 radical (unpaired) electrons. The van der Waals surface area contributed by atoms with Crippen LogP contribution in [0.5, 0.6) is 0 Å². The van der Waals surface area contributed by atoms with E-state index in [1.807, 2.05) is 0 Å². The highest BCUT2D eigenvalue weighted by Gasteiger charge is 2.15. The highest BCUT2D eigenvalue weighted by Crippen LogP contribution is 2.27. The minimum absolute atomic E-state index is 0.203. The van der Waals surface area contributed by atoms with Crippen LogP contribution in [0.3, 0.4) is 0 Å². The fourth-order valence-electron chi connectivity index (χ4n) is 1.75. The molecule has 104 valence electrons. The van der Waals surface area contributed by atoms with Crippen molar-refractivity contribution in [2.75, 3.05) is 11.1 Å². The third-order valence-corrected chi connectivity index (χ3v) is 3.71. The van der Waals surface area contributed by atoms with Crippen LogP contribution in [0.4, 0.5) is 15.8 Å². The summed E-state index contributed by atoms with van der Waals surface area (Å²) in [4.78, 5) is 12.2. The van der Waals surface area contributed by atoms with E-state index < -0.39 is 11.7 Å². The third kappa shape index (κ3) is 2.94. The Labute approximate surface area is 129 Å². The molecule has 0 aliphatic carbocycles. The number of aryl methyl sites for hydroxylation is 1. The smallest absolute Gasteiger partial charge is 0.259 e. The van der Waals surface area contributed by atoms with Crippen LogP contribution in [0, 0.1) is 12.7 Å². The number of rotatable bonds is 2. The highest BCUT2D eigenvalue weighted by atomic mass is 79.9. The Balaban J connectivity index is 2.35. The number of nitrogens with two attached hydrogens (primary N) is 1. The minimum Gasteiger partial charge on any atom is -0.398 e. The van der Waals surface area contributed by atoms with E-state index in [1.54, 1.807) is 25.1 Å². The lowest BCUT2D eigenvalue weighted by molar-refractivity contribution is 0.102. The largest absolute Gasteiger partial charge is 0.398 e. The van der Waals surface area contributed by atoms with Crippen molar-refractivity contribution in [3.8, 4) is 0 Å². The number of nitrogen functional groups attached to an aromatic ring is 1. The molecule has 0 aliphatic heterocycles. The zero-order valence-corrected chi connectivity index (χ0v) is 12.8. The summed E-state index contributed by atoms with van der Waals surface area (Å²) in [7, 11) is 0. The summed E-state index contributed by atoms with van der Waals surface area (Å²) in [6.07, 6.45) is 0. The van der Waals surface area contributed by atoms with Gasteiger partial charge in [0.05, 0.1) is 15.1 Å². The van der Waals surface area contributed by atoms with Crippen LogP contribution in [0.15, 0.2) is 34.8 Å². The second kappa shape index (κ2) is 5.81. The fraction of sp³-hybridized carbons (Fsp3) is 0.0714. The second-order valence-corrected chi connectivity index (χ2v) is 5.50. The van der Waals surface area contributed by atoms with E-state index in [4.69, 9.17) is 17.3 Å². The SMILES string of the molecule is Cc1cc(F)c(Br)cc1NC(=O)c1c(N)cccc1Cl. The monoisotopic (exact) mass is 356 g/mol. The molecule has 2 aromatic rings. The molecule has 0 unspecified atom stereocenters. The lowest BCUT2D eigenvalue weighted by atomic mass is 10.1. The molecule has 0 heterocycles. The molecule has 0 atom stereocenters. The van der Waals surface area contributed by atoms with Crippen LogP contribution in [0.25, 0.3) is 0 Å². The summed E-state index contributed by atoms with van der Waals surface area (Å²) in [5.41, 5.74) is 7.33. The predicted octanol–water partition coefficient (Wildman–Crippen LogP) is 4.38. The number of hydrogen-bond acceptors (Lipinski definition) is 2. The van der Waals surface area contributed by atoms with Crippen molar-refractivity contribution >= 4 is 44.8 Å². The molecule has 0 spiro atoms. The van der Waals surface area contributed by atoms with E-state index in [1.165, 1.54) is 12.1 Å². The first-order chi connectivity index (χ1) is 9.40. The average molecular weight is 358 g/mol. The molecule has 20 heavy (non-hydrogen) atoms. The van der Waals surface area contributed by atoms with Gasteiger partial charge in [-0.25, -0.2) is 4.39 Å². The molecular formula is C14H11BrClFN2O. The van der Waals surface area contributed by atoms with Gasteiger partial charge < -0.3 is 11.1 Å². The van der Waals surface area contributed by atoms with Gasteiger partial charge in [0.25, 0.3) is 5.91 Å². The molecule has 3 nitrogen and oxygen atoms in total. The molecule has 0 saturated carbocycles. The van der Waals surface area contributed by atoms with Crippen LogP contribution in [0.1, 0.15) is 15.9 Å². The van der Waals surface area contributed by atoms with Gasteiger partial charge >= 0.3 is 0 Å². The Hall–Kier alpha value is -1.59. The molecule has 0 saturated heterocycles. The van der Waals surface area contributed by atoms with Crippen molar-refractivity contribution in [3.05, 3.63) is 56.8 Å². The Kier molecular flexibility index (Phi) is 4.30. The fourth-order valence-corrected chi connectivity index (χ4v) is 2.36. The van der Waals surface area contributed by atoms with Crippen molar-refractivity contribution in [1.29, 1.82) is 0 Å². The Morgan fingerprint density at radius 2 is 2.10 bits per heavy atom. The number of anilines is 2. The zero-order valence-electron chi connectivity index (χ0n) is 10.5. The molecule has 2 aromatic carbocycles. The van der Waals surface area contributed by atoms with Gasteiger partial charge in [0.15, 0.2) is 0 Å². The van der Waals surface area contributed by atoms with Gasteiger partial charge in [-0.2, -0.15) is 0 Å². The standard InChI is InChI=1S/C14H11BrClFN2O/c1-7-5-10(17)8(15)6-12(7)19-14(20)13-9(16)3-2-4-11(13)18/h2-6H,18H2,1H3,(H,19,20). The van der Waals surface area contributed by atoms with Crippen LogP contribution >= 0.6 is 27.5 Å². The quantitative estimate of drug-likeness (QED) is 0.783. The second-order valence-electron chi connectivity index (χ2n) is 4.24. The van der Waals surface area contributed by atoms with E-state index >= 15 is 0 Å². The molecule has 0 fully saturated rings. The Morgan fingerprint density at radius 1 is 1.40 bits per heavy atom. The van der Waals surface area contributed by atoms with Gasteiger partial charge in [-0.3, -0.25) is 4.79 Å². The van der Waals surface area contributed by atoms with Crippen LogP contribution in [0.2, 0.25) is 5.02 Å². The molecular weight excluding hydrogens is 347 g/mol. The maximum absolute atomic E-state index is 13.3. The maximum atomic E-state index is 13.3. The molecule has 2 rings (SSSR count). The Bertz CT molecular complexity index is 671. The summed E-state index contributed by atoms with van der Waals surface area (Å²) in [6, 6.07) is 7.66. The summed E-state index contributed by atoms with van der Waals surface area (Å²) < 4.78 is 13.6. The van der Waals surface area contributed by atoms with E-state index in [0.717, 1.165) is 0 Å². The Morgan fingerprint density at radius 3 is 2.75 bits per heavy atom. The maximum Gasteiger partial charge on any atom is 0.259 e. The number of amides is 1. The van der Waals surface area contributed by atoms with E-state index in [9.17, 15) is 9.18 Å². The normalized spacial score (nSPS) is 10.4.